The minimum absolute atomic E-state index is 0.0496. The SMILES string of the molecule is COC(=O)c1cn(C(C)C(=O)NC(C)C)nn1. The summed E-state index contributed by atoms with van der Waals surface area (Å²) in [6.07, 6.45) is 1.39. The van der Waals surface area contributed by atoms with E-state index in [1.165, 1.54) is 18.0 Å². The molecule has 0 radical (unpaired) electrons. The highest BCUT2D eigenvalue weighted by Gasteiger charge is 2.19. The van der Waals surface area contributed by atoms with Crippen LogP contribution in [0.3, 0.4) is 0 Å². The van der Waals surface area contributed by atoms with E-state index in [0.29, 0.717) is 0 Å². The second-order valence-electron chi connectivity index (χ2n) is 3.91. The minimum atomic E-state index is -0.576. The molecule has 0 bridgehead atoms. The Kier molecular flexibility index (Phi) is 4.19. The predicted molar refractivity (Wildman–Crippen MR) is 59.4 cm³/mol. The molecule has 17 heavy (non-hydrogen) atoms. The van der Waals surface area contributed by atoms with Crippen LogP contribution in [0.5, 0.6) is 0 Å². The number of aromatic nitrogens is 3. The molecule has 1 aromatic heterocycles. The van der Waals surface area contributed by atoms with Crippen molar-refractivity contribution in [3.8, 4) is 0 Å². The van der Waals surface area contributed by atoms with Crippen LogP contribution in [0.2, 0.25) is 0 Å². The molecule has 0 aliphatic rings. The predicted octanol–water partition coefficient (Wildman–Crippen LogP) is 0.150. The molecular weight excluding hydrogens is 224 g/mol. The maximum absolute atomic E-state index is 11.7. The summed E-state index contributed by atoms with van der Waals surface area (Å²) in [6, 6.07) is -0.475. The van der Waals surface area contributed by atoms with Crippen LogP contribution < -0.4 is 5.32 Å². The molecule has 0 aliphatic carbocycles. The van der Waals surface area contributed by atoms with Crippen molar-refractivity contribution in [2.24, 2.45) is 0 Å². The van der Waals surface area contributed by atoms with Gasteiger partial charge >= 0.3 is 5.97 Å². The van der Waals surface area contributed by atoms with Gasteiger partial charge in [0.15, 0.2) is 5.69 Å². The Morgan fingerprint density at radius 1 is 1.41 bits per heavy atom. The molecule has 0 aliphatic heterocycles. The van der Waals surface area contributed by atoms with Gasteiger partial charge in [0, 0.05) is 6.04 Å². The first-order valence-corrected chi connectivity index (χ1v) is 5.26. The van der Waals surface area contributed by atoms with Crippen LogP contribution >= 0.6 is 0 Å². The standard InChI is InChI=1S/C10H16N4O3/c1-6(2)11-9(15)7(3)14-5-8(12-13-14)10(16)17-4/h5-7H,1-4H3,(H,11,15). The average Bonchev–Trinajstić information content (AvgIpc) is 2.75. The molecule has 1 amide bonds. The van der Waals surface area contributed by atoms with Gasteiger partial charge in [0.25, 0.3) is 0 Å². The lowest BCUT2D eigenvalue weighted by molar-refractivity contribution is -0.124. The number of rotatable bonds is 4. The van der Waals surface area contributed by atoms with Crippen LogP contribution in [-0.2, 0) is 9.53 Å². The zero-order valence-electron chi connectivity index (χ0n) is 10.3. The summed E-state index contributed by atoms with van der Waals surface area (Å²) in [7, 11) is 1.26. The average molecular weight is 240 g/mol. The summed E-state index contributed by atoms with van der Waals surface area (Å²) in [4.78, 5) is 22.8. The Labute approximate surface area is 99.1 Å². The summed E-state index contributed by atoms with van der Waals surface area (Å²) in [5, 5.41) is 10.1. The molecule has 0 aromatic carbocycles. The van der Waals surface area contributed by atoms with Gasteiger partial charge in [-0.25, -0.2) is 9.48 Å². The van der Waals surface area contributed by atoms with Gasteiger partial charge in [-0.05, 0) is 20.8 Å². The van der Waals surface area contributed by atoms with Crippen LogP contribution in [0.15, 0.2) is 6.20 Å². The number of methoxy groups -OCH3 is 1. The fourth-order valence-electron chi connectivity index (χ4n) is 1.19. The van der Waals surface area contributed by atoms with Gasteiger partial charge in [0.2, 0.25) is 5.91 Å². The highest BCUT2D eigenvalue weighted by molar-refractivity contribution is 5.86. The number of hydrogen-bond acceptors (Lipinski definition) is 5. The van der Waals surface area contributed by atoms with E-state index in [1.54, 1.807) is 6.92 Å². The van der Waals surface area contributed by atoms with Crippen molar-refractivity contribution in [2.45, 2.75) is 32.9 Å². The third-order valence-corrected chi connectivity index (χ3v) is 2.11. The van der Waals surface area contributed by atoms with Crippen molar-refractivity contribution >= 4 is 11.9 Å². The highest BCUT2D eigenvalue weighted by Crippen LogP contribution is 2.05. The highest BCUT2D eigenvalue weighted by atomic mass is 16.5. The van der Waals surface area contributed by atoms with E-state index >= 15 is 0 Å². The fraction of sp³-hybridized carbons (Fsp3) is 0.600. The number of carbonyl (C=O) groups is 2. The van der Waals surface area contributed by atoms with Crippen LogP contribution in [0, 0.1) is 0 Å². The Hall–Kier alpha value is -1.92. The molecule has 1 rings (SSSR count). The molecule has 0 saturated heterocycles. The number of nitrogens with zero attached hydrogens (tertiary/aromatic N) is 3. The van der Waals surface area contributed by atoms with Gasteiger partial charge in [-0.2, -0.15) is 0 Å². The number of hydrogen-bond donors (Lipinski definition) is 1. The minimum Gasteiger partial charge on any atom is -0.464 e. The number of esters is 1. The van der Waals surface area contributed by atoms with Gasteiger partial charge in [-0.15, -0.1) is 5.10 Å². The Morgan fingerprint density at radius 3 is 2.59 bits per heavy atom. The fourth-order valence-corrected chi connectivity index (χ4v) is 1.19. The monoisotopic (exact) mass is 240 g/mol. The van der Waals surface area contributed by atoms with Crippen molar-refractivity contribution in [1.82, 2.24) is 20.3 Å². The first-order chi connectivity index (χ1) is 7.95. The lowest BCUT2D eigenvalue weighted by Gasteiger charge is -2.13. The summed E-state index contributed by atoms with van der Waals surface area (Å²) in [5.41, 5.74) is 0.0803. The van der Waals surface area contributed by atoms with E-state index in [-0.39, 0.29) is 17.6 Å². The molecule has 1 atom stereocenters. The first-order valence-electron chi connectivity index (χ1n) is 5.26. The summed E-state index contributed by atoms with van der Waals surface area (Å²) in [5.74, 6) is -0.756. The van der Waals surface area contributed by atoms with Crippen molar-refractivity contribution in [3.05, 3.63) is 11.9 Å². The molecule has 0 saturated carbocycles. The molecular formula is C10H16N4O3. The maximum atomic E-state index is 11.7. The zero-order valence-corrected chi connectivity index (χ0v) is 10.3. The van der Waals surface area contributed by atoms with Gasteiger partial charge in [0.1, 0.15) is 6.04 Å². The van der Waals surface area contributed by atoms with Crippen molar-refractivity contribution < 1.29 is 14.3 Å². The molecule has 7 nitrogen and oxygen atoms in total. The molecule has 0 fully saturated rings. The van der Waals surface area contributed by atoms with Crippen LogP contribution in [0.25, 0.3) is 0 Å². The zero-order chi connectivity index (χ0) is 13.0. The second kappa shape index (κ2) is 5.42. The molecule has 1 N–H and O–H groups in total. The van der Waals surface area contributed by atoms with E-state index in [1.807, 2.05) is 13.8 Å². The van der Waals surface area contributed by atoms with E-state index in [2.05, 4.69) is 20.4 Å². The smallest absolute Gasteiger partial charge is 0.360 e. The van der Waals surface area contributed by atoms with Gasteiger partial charge in [-0.3, -0.25) is 4.79 Å². The van der Waals surface area contributed by atoms with E-state index in [0.717, 1.165) is 0 Å². The summed E-state index contributed by atoms with van der Waals surface area (Å²) in [6.45, 7) is 5.41. The van der Waals surface area contributed by atoms with Gasteiger partial charge in [-0.1, -0.05) is 5.21 Å². The van der Waals surface area contributed by atoms with Crippen molar-refractivity contribution in [3.63, 3.8) is 0 Å². The van der Waals surface area contributed by atoms with E-state index in [4.69, 9.17) is 0 Å². The Bertz CT molecular complexity index is 413. The summed E-state index contributed by atoms with van der Waals surface area (Å²) >= 11 is 0. The number of nitrogens with one attached hydrogen (secondary N) is 1. The molecule has 0 spiro atoms. The normalized spacial score (nSPS) is 12.3. The third kappa shape index (κ3) is 3.27. The van der Waals surface area contributed by atoms with Crippen molar-refractivity contribution in [2.75, 3.05) is 7.11 Å². The lowest BCUT2D eigenvalue weighted by atomic mass is 10.3. The molecule has 1 heterocycles. The molecule has 7 heteroatoms. The largest absolute Gasteiger partial charge is 0.464 e. The number of carbonyl (C=O) groups excluding carboxylic acids is 2. The lowest BCUT2D eigenvalue weighted by Crippen LogP contribution is -2.35. The third-order valence-electron chi connectivity index (χ3n) is 2.11. The van der Waals surface area contributed by atoms with Gasteiger partial charge < -0.3 is 10.1 Å². The molecule has 1 unspecified atom stereocenters. The first kappa shape index (κ1) is 13.1. The topological polar surface area (TPSA) is 86.1 Å². The maximum Gasteiger partial charge on any atom is 0.360 e. The Balaban J connectivity index is 2.76. The van der Waals surface area contributed by atoms with Crippen LogP contribution in [-0.4, -0.2) is 40.0 Å². The van der Waals surface area contributed by atoms with Crippen LogP contribution in [0.1, 0.15) is 37.3 Å². The quantitative estimate of drug-likeness (QED) is 0.757. The van der Waals surface area contributed by atoms with E-state index in [9.17, 15) is 9.59 Å². The van der Waals surface area contributed by atoms with Crippen LogP contribution in [0.4, 0.5) is 0 Å². The summed E-state index contributed by atoms with van der Waals surface area (Å²) < 4.78 is 5.82. The van der Waals surface area contributed by atoms with Crippen molar-refractivity contribution in [1.29, 1.82) is 0 Å². The Morgan fingerprint density at radius 2 is 2.06 bits per heavy atom. The number of ether oxygens (including phenoxy) is 1. The second-order valence-corrected chi connectivity index (χ2v) is 3.91. The van der Waals surface area contributed by atoms with E-state index < -0.39 is 12.0 Å². The van der Waals surface area contributed by atoms with Gasteiger partial charge in [0.05, 0.1) is 13.3 Å². The molecule has 1 aromatic rings. The molecule has 94 valence electrons. The number of amides is 1.